The zero-order chi connectivity index (χ0) is 10.6. The summed E-state index contributed by atoms with van der Waals surface area (Å²) in [6.07, 6.45) is 1.04. The first-order valence-electron chi connectivity index (χ1n) is 4.94. The van der Waals surface area contributed by atoms with Gasteiger partial charge in [0.05, 0.1) is 5.03 Å². The average molecular weight is 210 g/mol. The lowest BCUT2D eigenvalue weighted by molar-refractivity contribution is 0.820. The first-order chi connectivity index (χ1) is 6.61. The van der Waals surface area contributed by atoms with E-state index in [2.05, 4.69) is 31.0 Å². The molecule has 2 N–H and O–H groups in total. The highest BCUT2D eigenvalue weighted by molar-refractivity contribution is 7.99. The molecule has 0 aliphatic rings. The largest absolute Gasteiger partial charge is 0.330 e. The fourth-order valence-corrected chi connectivity index (χ4v) is 2.48. The fourth-order valence-electron chi connectivity index (χ4n) is 1.36. The van der Waals surface area contributed by atoms with Gasteiger partial charge in [-0.05, 0) is 44.5 Å². The Kier molecular flexibility index (Phi) is 4.42. The van der Waals surface area contributed by atoms with Crippen molar-refractivity contribution < 1.29 is 0 Å². The van der Waals surface area contributed by atoms with Gasteiger partial charge in [0.15, 0.2) is 0 Å². The molecule has 1 rings (SSSR count). The van der Waals surface area contributed by atoms with Crippen molar-refractivity contribution in [1.82, 2.24) is 4.98 Å². The molecule has 0 saturated carbocycles. The van der Waals surface area contributed by atoms with Crippen LogP contribution in [0.25, 0.3) is 0 Å². The predicted octanol–water partition coefficient (Wildman–Crippen LogP) is 2.53. The van der Waals surface area contributed by atoms with Gasteiger partial charge in [0.25, 0.3) is 0 Å². The lowest BCUT2D eigenvalue weighted by atomic mass is 10.3. The maximum absolute atomic E-state index is 5.51. The second kappa shape index (κ2) is 5.37. The lowest BCUT2D eigenvalue weighted by Gasteiger charge is -2.09. The SMILES string of the molecule is Cc1cc(C)nc(SC(C)CCN)c1. The number of pyridine rings is 1. The molecule has 0 amide bonds. The number of aryl methyl sites for hydroxylation is 2. The molecule has 0 radical (unpaired) electrons. The second-order valence-corrected chi connectivity index (χ2v) is 5.09. The van der Waals surface area contributed by atoms with Crippen LogP contribution < -0.4 is 5.73 Å². The van der Waals surface area contributed by atoms with E-state index in [0.717, 1.165) is 23.7 Å². The second-order valence-electron chi connectivity index (χ2n) is 3.63. The minimum atomic E-state index is 0.550. The molecule has 1 heterocycles. The Balaban J connectivity index is 2.66. The Bertz CT molecular complexity index is 279. The third kappa shape index (κ3) is 3.68. The Labute approximate surface area is 90.3 Å². The Morgan fingerprint density at radius 2 is 2.14 bits per heavy atom. The van der Waals surface area contributed by atoms with Crippen LogP contribution in [0.4, 0.5) is 0 Å². The zero-order valence-electron chi connectivity index (χ0n) is 9.08. The number of rotatable bonds is 4. The van der Waals surface area contributed by atoms with Gasteiger partial charge in [-0.25, -0.2) is 4.98 Å². The van der Waals surface area contributed by atoms with Crippen molar-refractivity contribution in [3.8, 4) is 0 Å². The Morgan fingerprint density at radius 1 is 1.43 bits per heavy atom. The molecule has 3 heteroatoms. The summed E-state index contributed by atoms with van der Waals surface area (Å²) in [4.78, 5) is 4.48. The van der Waals surface area contributed by atoms with Crippen LogP contribution in [-0.2, 0) is 0 Å². The van der Waals surface area contributed by atoms with Gasteiger partial charge >= 0.3 is 0 Å². The van der Waals surface area contributed by atoms with Crippen LogP contribution in [-0.4, -0.2) is 16.8 Å². The highest BCUT2D eigenvalue weighted by atomic mass is 32.2. The van der Waals surface area contributed by atoms with Crippen molar-refractivity contribution in [2.75, 3.05) is 6.54 Å². The van der Waals surface area contributed by atoms with Crippen molar-refractivity contribution in [3.05, 3.63) is 23.4 Å². The van der Waals surface area contributed by atoms with Crippen LogP contribution in [0.3, 0.4) is 0 Å². The Hall–Kier alpha value is -0.540. The third-order valence-electron chi connectivity index (χ3n) is 1.97. The minimum Gasteiger partial charge on any atom is -0.330 e. The van der Waals surface area contributed by atoms with Crippen molar-refractivity contribution in [3.63, 3.8) is 0 Å². The highest BCUT2D eigenvalue weighted by Crippen LogP contribution is 2.23. The van der Waals surface area contributed by atoms with Crippen molar-refractivity contribution in [2.45, 2.75) is 37.5 Å². The van der Waals surface area contributed by atoms with E-state index in [1.807, 2.05) is 6.92 Å². The molecule has 0 spiro atoms. The molecule has 1 atom stereocenters. The molecule has 14 heavy (non-hydrogen) atoms. The number of hydrogen-bond donors (Lipinski definition) is 1. The maximum atomic E-state index is 5.51. The van der Waals surface area contributed by atoms with Gasteiger partial charge in [-0.15, -0.1) is 11.8 Å². The highest BCUT2D eigenvalue weighted by Gasteiger charge is 2.05. The average Bonchev–Trinajstić information content (AvgIpc) is 2.01. The summed E-state index contributed by atoms with van der Waals surface area (Å²) in [5.41, 5.74) is 7.88. The first kappa shape index (κ1) is 11.5. The van der Waals surface area contributed by atoms with E-state index in [1.165, 1.54) is 5.56 Å². The number of aromatic nitrogens is 1. The van der Waals surface area contributed by atoms with Crippen LogP contribution in [0.1, 0.15) is 24.6 Å². The molecule has 1 unspecified atom stereocenters. The van der Waals surface area contributed by atoms with E-state index in [1.54, 1.807) is 11.8 Å². The summed E-state index contributed by atoms with van der Waals surface area (Å²) in [5.74, 6) is 0. The standard InChI is InChI=1S/C11H18N2S/c1-8-6-9(2)13-11(7-8)14-10(3)4-5-12/h6-7,10H,4-5,12H2,1-3H3. The summed E-state index contributed by atoms with van der Waals surface area (Å²) in [5, 5.41) is 1.66. The van der Waals surface area contributed by atoms with Gasteiger partial charge in [-0.2, -0.15) is 0 Å². The summed E-state index contributed by atoms with van der Waals surface area (Å²) in [6, 6.07) is 4.22. The summed E-state index contributed by atoms with van der Waals surface area (Å²) in [6.45, 7) is 7.08. The van der Waals surface area contributed by atoms with E-state index in [0.29, 0.717) is 5.25 Å². The lowest BCUT2D eigenvalue weighted by Crippen LogP contribution is -2.07. The van der Waals surface area contributed by atoms with Gasteiger partial charge in [0, 0.05) is 10.9 Å². The van der Waals surface area contributed by atoms with E-state index in [4.69, 9.17) is 5.73 Å². The molecule has 78 valence electrons. The normalized spacial score (nSPS) is 12.9. The topological polar surface area (TPSA) is 38.9 Å². The van der Waals surface area contributed by atoms with Crippen LogP contribution >= 0.6 is 11.8 Å². The molecule has 0 aromatic carbocycles. The summed E-state index contributed by atoms with van der Waals surface area (Å²) in [7, 11) is 0. The molecular weight excluding hydrogens is 192 g/mol. The molecule has 0 aliphatic heterocycles. The van der Waals surface area contributed by atoms with E-state index < -0.39 is 0 Å². The molecule has 1 aromatic heterocycles. The minimum absolute atomic E-state index is 0.550. The van der Waals surface area contributed by atoms with E-state index >= 15 is 0 Å². The smallest absolute Gasteiger partial charge is 0.0968 e. The number of hydrogen-bond acceptors (Lipinski definition) is 3. The molecule has 2 nitrogen and oxygen atoms in total. The van der Waals surface area contributed by atoms with Crippen LogP contribution in [0, 0.1) is 13.8 Å². The summed E-state index contributed by atoms with van der Waals surface area (Å²) < 4.78 is 0. The van der Waals surface area contributed by atoms with E-state index in [-0.39, 0.29) is 0 Å². The molecular formula is C11H18N2S. The van der Waals surface area contributed by atoms with Gasteiger partial charge < -0.3 is 5.73 Å². The number of nitrogens with zero attached hydrogens (tertiary/aromatic N) is 1. The van der Waals surface area contributed by atoms with Crippen molar-refractivity contribution in [1.29, 1.82) is 0 Å². The molecule has 0 fully saturated rings. The molecule has 1 aromatic rings. The van der Waals surface area contributed by atoms with E-state index in [9.17, 15) is 0 Å². The molecule has 0 saturated heterocycles. The van der Waals surface area contributed by atoms with Crippen molar-refractivity contribution >= 4 is 11.8 Å². The monoisotopic (exact) mass is 210 g/mol. The zero-order valence-corrected chi connectivity index (χ0v) is 9.90. The fraction of sp³-hybridized carbons (Fsp3) is 0.545. The molecule has 0 bridgehead atoms. The van der Waals surface area contributed by atoms with Crippen LogP contribution in [0.15, 0.2) is 17.2 Å². The van der Waals surface area contributed by atoms with Gasteiger partial charge in [-0.3, -0.25) is 0 Å². The van der Waals surface area contributed by atoms with Gasteiger partial charge in [0.1, 0.15) is 0 Å². The van der Waals surface area contributed by atoms with Crippen LogP contribution in [0.2, 0.25) is 0 Å². The summed E-state index contributed by atoms with van der Waals surface area (Å²) >= 11 is 1.81. The first-order valence-corrected chi connectivity index (χ1v) is 5.82. The quantitative estimate of drug-likeness (QED) is 0.776. The maximum Gasteiger partial charge on any atom is 0.0968 e. The van der Waals surface area contributed by atoms with Crippen LogP contribution in [0.5, 0.6) is 0 Å². The van der Waals surface area contributed by atoms with Gasteiger partial charge in [-0.1, -0.05) is 6.92 Å². The third-order valence-corrected chi connectivity index (χ3v) is 3.06. The Morgan fingerprint density at radius 3 is 2.71 bits per heavy atom. The number of thioether (sulfide) groups is 1. The van der Waals surface area contributed by atoms with Crippen molar-refractivity contribution in [2.24, 2.45) is 5.73 Å². The number of nitrogens with two attached hydrogens (primary N) is 1. The molecule has 0 aliphatic carbocycles. The van der Waals surface area contributed by atoms with Gasteiger partial charge in [0.2, 0.25) is 0 Å². The predicted molar refractivity (Wildman–Crippen MR) is 62.7 cm³/mol.